The molecule has 102 valence electrons. The number of hydrogen-bond donors (Lipinski definition) is 2. The largest absolute Gasteiger partial charge is 0.478 e. The summed E-state index contributed by atoms with van der Waals surface area (Å²) in [5.74, 6) is -2.53. The van der Waals surface area contributed by atoms with Crippen LogP contribution in [-0.4, -0.2) is 22.0 Å². The molecule has 0 unspecified atom stereocenters. The SMILES string of the molecule is O=C(Nc1cc(F)ccc1C(=O)O)c1cccc(Br)n1. The molecule has 0 spiro atoms. The highest BCUT2D eigenvalue weighted by Crippen LogP contribution is 2.18. The lowest BCUT2D eigenvalue weighted by Crippen LogP contribution is -2.16. The highest BCUT2D eigenvalue weighted by molar-refractivity contribution is 9.10. The summed E-state index contributed by atoms with van der Waals surface area (Å²) < 4.78 is 13.6. The van der Waals surface area contributed by atoms with Crippen LogP contribution in [0.1, 0.15) is 20.8 Å². The van der Waals surface area contributed by atoms with E-state index in [-0.39, 0.29) is 16.9 Å². The number of halogens is 2. The third-order valence-electron chi connectivity index (χ3n) is 2.41. The molecule has 0 radical (unpaired) electrons. The van der Waals surface area contributed by atoms with E-state index in [0.717, 1.165) is 18.2 Å². The second-order valence-corrected chi connectivity index (χ2v) is 4.61. The van der Waals surface area contributed by atoms with Gasteiger partial charge in [-0.05, 0) is 46.3 Å². The highest BCUT2D eigenvalue weighted by atomic mass is 79.9. The van der Waals surface area contributed by atoms with Crippen molar-refractivity contribution in [3.63, 3.8) is 0 Å². The molecule has 0 atom stereocenters. The molecular weight excluding hydrogens is 331 g/mol. The summed E-state index contributed by atoms with van der Waals surface area (Å²) >= 11 is 3.12. The second-order valence-electron chi connectivity index (χ2n) is 3.79. The van der Waals surface area contributed by atoms with Crippen LogP contribution in [-0.2, 0) is 0 Å². The van der Waals surface area contributed by atoms with Gasteiger partial charge in [-0.1, -0.05) is 6.07 Å². The molecule has 2 rings (SSSR count). The first kappa shape index (κ1) is 14.1. The molecule has 5 nitrogen and oxygen atoms in total. The Morgan fingerprint density at radius 2 is 2.00 bits per heavy atom. The Labute approximate surface area is 121 Å². The second kappa shape index (κ2) is 5.79. The molecule has 1 aromatic heterocycles. The predicted octanol–water partition coefficient (Wildman–Crippen LogP) is 2.93. The molecule has 2 aromatic rings. The zero-order valence-electron chi connectivity index (χ0n) is 9.93. The molecule has 1 amide bonds. The van der Waals surface area contributed by atoms with Crippen molar-refractivity contribution in [1.29, 1.82) is 0 Å². The molecule has 2 N–H and O–H groups in total. The van der Waals surface area contributed by atoms with E-state index in [1.165, 1.54) is 6.07 Å². The van der Waals surface area contributed by atoms with Crippen LogP contribution in [0.2, 0.25) is 0 Å². The van der Waals surface area contributed by atoms with Crippen LogP contribution in [0.25, 0.3) is 0 Å². The van der Waals surface area contributed by atoms with E-state index in [4.69, 9.17) is 5.11 Å². The van der Waals surface area contributed by atoms with E-state index < -0.39 is 17.7 Å². The Morgan fingerprint density at radius 1 is 1.25 bits per heavy atom. The van der Waals surface area contributed by atoms with Gasteiger partial charge >= 0.3 is 5.97 Å². The van der Waals surface area contributed by atoms with Gasteiger partial charge in [0.15, 0.2) is 0 Å². The quantitative estimate of drug-likeness (QED) is 0.843. The molecule has 7 heteroatoms. The Morgan fingerprint density at radius 3 is 2.65 bits per heavy atom. The van der Waals surface area contributed by atoms with Crippen molar-refractivity contribution in [2.24, 2.45) is 0 Å². The first-order valence-electron chi connectivity index (χ1n) is 5.44. The van der Waals surface area contributed by atoms with Crippen molar-refractivity contribution in [2.45, 2.75) is 0 Å². The first-order valence-corrected chi connectivity index (χ1v) is 6.23. The number of amides is 1. The molecule has 0 saturated heterocycles. The van der Waals surface area contributed by atoms with Crippen molar-refractivity contribution in [2.75, 3.05) is 5.32 Å². The number of carboxylic acid groups (broad SMARTS) is 1. The van der Waals surface area contributed by atoms with E-state index in [2.05, 4.69) is 26.2 Å². The van der Waals surface area contributed by atoms with Gasteiger partial charge in [0, 0.05) is 0 Å². The number of carbonyl (C=O) groups excluding carboxylic acids is 1. The standard InChI is InChI=1S/C13H8BrFN2O3/c14-11-3-1-2-9(16-11)12(18)17-10-6-7(15)4-5-8(10)13(19)20/h1-6H,(H,17,18)(H,19,20). The zero-order valence-corrected chi connectivity index (χ0v) is 11.5. The number of hydrogen-bond acceptors (Lipinski definition) is 3. The topological polar surface area (TPSA) is 79.3 Å². The third kappa shape index (κ3) is 3.18. The van der Waals surface area contributed by atoms with E-state index in [0.29, 0.717) is 4.60 Å². The summed E-state index contributed by atoms with van der Waals surface area (Å²) in [5, 5.41) is 11.3. The van der Waals surface area contributed by atoms with Crippen LogP contribution in [0.4, 0.5) is 10.1 Å². The van der Waals surface area contributed by atoms with Crippen molar-refractivity contribution in [3.8, 4) is 0 Å². The number of carbonyl (C=O) groups is 2. The lowest BCUT2D eigenvalue weighted by Gasteiger charge is -2.08. The molecule has 20 heavy (non-hydrogen) atoms. The van der Waals surface area contributed by atoms with Crippen LogP contribution >= 0.6 is 15.9 Å². The molecular formula is C13H8BrFN2O3. The minimum atomic E-state index is -1.26. The fourth-order valence-electron chi connectivity index (χ4n) is 1.53. The third-order valence-corrected chi connectivity index (χ3v) is 2.85. The fourth-order valence-corrected chi connectivity index (χ4v) is 1.87. The van der Waals surface area contributed by atoms with Gasteiger partial charge in [0.2, 0.25) is 0 Å². The highest BCUT2D eigenvalue weighted by Gasteiger charge is 2.15. The van der Waals surface area contributed by atoms with Crippen LogP contribution in [0.5, 0.6) is 0 Å². The van der Waals surface area contributed by atoms with Crippen LogP contribution < -0.4 is 5.32 Å². The molecule has 0 bridgehead atoms. The van der Waals surface area contributed by atoms with Gasteiger partial charge in [0.1, 0.15) is 16.1 Å². The summed E-state index contributed by atoms with van der Waals surface area (Å²) in [6, 6.07) is 7.74. The molecule has 0 aliphatic heterocycles. The molecule has 1 aromatic carbocycles. The van der Waals surface area contributed by atoms with Gasteiger partial charge in [-0.25, -0.2) is 14.2 Å². The Bertz CT molecular complexity index is 691. The number of carboxylic acids is 1. The average Bonchev–Trinajstić information content (AvgIpc) is 2.38. The average molecular weight is 339 g/mol. The summed E-state index contributed by atoms with van der Waals surface area (Å²) in [6.45, 7) is 0. The van der Waals surface area contributed by atoms with Gasteiger partial charge in [-0.15, -0.1) is 0 Å². The molecule has 0 fully saturated rings. The maximum atomic E-state index is 13.2. The number of anilines is 1. The minimum absolute atomic E-state index is 0.0833. The van der Waals surface area contributed by atoms with E-state index >= 15 is 0 Å². The van der Waals surface area contributed by atoms with Crippen molar-refractivity contribution >= 4 is 33.5 Å². The number of pyridine rings is 1. The van der Waals surface area contributed by atoms with Crippen LogP contribution in [0, 0.1) is 5.82 Å². The predicted molar refractivity (Wildman–Crippen MR) is 73.2 cm³/mol. The molecule has 0 saturated carbocycles. The van der Waals surface area contributed by atoms with Crippen molar-refractivity contribution in [3.05, 3.63) is 58.1 Å². The number of nitrogens with zero attached hydrogens (tertiary/aromatic N) is 1. The number of nitrogens with one attached hydrogen (secondary N) is 1. The first-order chi connectivity index (χ1) is 9.47. The van der Waals surface area contributed by atoms with E-state index in [9.17, 15) is 14.0 Å². The Hall–Kier alpha value is -2.28. The summed E-state index contributed by atoms with van der Waals surface area (Å²) in [6.07, 6.45) is 0. The fraction of sp³-hybridized carbons (Fsp3) is 0. The number of benzene rings is 1. The van der Waals surface area contributed by atoms with Gasteiger partial charge in [-0.2, -0.15) is 0 Å². The van der Waals surface area contributed by atoms with Gasteiger partial charge in [0.05, 0.1) is 11.3 Å². The molecule has 1 heterocycles. The maximum absolute atomic E-state index is 13.2. The van der Waals surface area contributed by atoms with Gasteiger partial charge < -0.3 is 10.4 Å². The number of rotatable bonds is 3. The Balaban J connectivity index is 2.32. The maximum Gasteiger partial charge on any atom is 0.337 e. The van der Waals surface area contributed by atoms with E-state index in [1.807, 2.05) is 0 Å². The monoisotopic (exact) mass is 338 g/mol. The van der Waals surface area contributed by atoms with Crippen molar-refractivity contribution < 1.29 is 19.1 Å². The summed E-state index contributed by atoms with van der Waals surface area (Å²) in [7, 11) is 0. The van der Waals surface area contributed by atoms with Gasteiger partial charge in [0.25, 0.3) is 5.91 Å². The molecule has 0 aliphatic carbocycles. The number of aromatic carboxylic acids is 1. The zero-order chi connectivity index (χ0) is 14.7. The Kier molecular flexibility index (Phi) is 4.09. The minimum Gasteiger partial charge on any atom is -0.478 e. The van der Waals surface area contributed by atoms with Gasteiger partial charge in [-0.3, -0.25) is 4.79 Å². The normalized spacial score (nSPS) is 10.1. The van der Waals surface area contributed by atoms with E-state index in [1.54, 1.807) is 12.1 Å². The van der Waals surface area contributed by atoms with Crippen LogP contribution in [0.15, 0.2) is 41.0 Å². The lowest BCUT2D eigenvalue weighted by molar-refractivity contribution is 0.0698. The number of aromatic nitrogens is 1. The smallest absolute Gasteiger partial charge is 0.337 e. The molecule has 0 aliphatic rings. The van der Waals surface area contributed by atoms with Crippen molar-refractivity contribution in [1.82, 2.24) is 4.98 Å². The summed E-state index contributed by atoms with van der Waals surface area (Å²) in [4.78, 5) is 26.9. The van der Waals surface area contributed by atoms with Crippen LogP contribution in [0.3, 0.4) is 0 Å². The lowest BCUT2D eigenvalue weighted by atomic mass is 10.1. The summed E-state index contributed by atoms with van der Waals surface area (Å²) in [5.41, 5.74) is -0.237.